The molecule has 2 nitrogen and oxygen atoms in total. The molecule has 1 aliphatic carbocycles. The lowest BCUT2D eigenvalue weighted by molar-refractivity contribution is -0.123. The van der Waals surface area contributed by atoms with Gasteiger partial charge < -0.3 is 4.74 Å². The van der Waals surface area contributed by atoms with Gasteiger partial charge in [0.15, 0.2) is 5.78 Å². The van der Waals surface area contributed by atoms with Gasteiger partial charge in [-0.15, -0.1) is 0 Å². The lowest BCUT2D eigenvalue weighted by Gasteiger charge is -2.04. The van der Waals surface area contributed by atoms with E-state index >= 15 is 0 Å². The molecule has 0 radical (unpaired) electrons. The Morgan fingerprint density at radius 3 is 3.00 bits per heavy atom. The van der Waals surface area contributed by atoms with Gasteiger partial charge in [0.05, 0.1) is 6.61 Å². The average molecular weight is 180 g/mol. The first kappa shape index (κ1) is 8.95. The molecule has 0 N–H and O–H groups in total. The summed E-state index contributed by atoms with van der Waals surface area (Å²) in [6.07, 6.45) is 7.59. The molecule has 1 saturated heterocycles. The molecule has 2 rings (SSSR count). The number of ether oxygens (including phenoxy) is 1. The van der Waals surface area contributed by atoms with Crippen molar-refractivity contribution in [2.75, 3.05) is 6.61 Å². The second-order valence-corrected chi connectivity index (χ2v) is 4.20. The third kappa shape index (κ3) is 1.99. The monoisotopic (exact) mass is 180 g/mol. The first-order valence-corrected chi connectivity index (χ1v) is 5.06. The Kier molecular flexibility index (Phi) is 2.24. The quantitative estimate of drug-likeness (QED) is 0.490. The lowest BCUT2D eigenvalue weighted by Crippen LogP contribution is -2.19. The van der Waals surface area contributed by atoms with Crippen molar-refractivity contribution in [3.05, 3.63) is 11.6 Å². The van der Waals surface area contributed by atoms with Gasteiger partial charge >= 0.3 is 0 Å². The fraction of sp³-hybridized carbons (Fsp3) is 0.727. The zero-order valence-corrected chi connectivity index (χ0v) is 8.14. The molecule has 0 saturated carbocycles. The highest BCUT2D eigenvalue weighted by Gasteiger charge is 2.46. The second kappa shape index (κ2) is 3.26. The van der Waals surface area contributed by atoms with Gasteiger partial charge in [0.2, 0.25) is 0 Å². The predicted molar refractivity (Wildman–Crippen MR) is 50.5 cm³/mol. The maximum Gasteiger partial charge on any atom is 0.167 e. The van der Waals surface area contributed by atoms with Crippen LogP contribution >= 0.6 is 0 Å². The van der Waals surface area contributed by atoms with Crippen LogP contribution in [0, 0.1) is 0 Å². The Bertz CT molecular complexity index is 249. The third-order valence-electron chi connectivity index (χ3n) is 2.98. The molecule has 1 fully saturated rings. The lowest BCUT2D eigenvalue weighted by atomic mass is 10.00. The molecule has 1 aliphatic heterocycles. The highest BCUT2D eigenvalue weighted by atomic mass is 16.6. The number of Topliss-reactive ketones (excluding diaryl/α,β-unsaturated/α-hetero) is 1. The molecular weight excluding hydrogens is 164 g/mol. The molecule has 0 aromatic carbocycles. The van der Waals surface area contributed by atoms with Crippen LogP contribution in [-0.4, -0.2) is 18.0 Å². The largest absolute Gasteiger partial charge is 0.362 e. The van der Waals surface area contributed by atoms with E-state index in [4.69, 9.17) is 4.74 Å². The number of epoxide rings is 1. The van der Waals surface area contributed by atoms with Gasteiger partial charge in [-0.1, -0.05) is 11.6 Å². The molecule has 2 heteroatoms. The maximum atomic E-state index is 11.5. The summed E-state index contributed by atoms with van der Waals surface area (Å²) in [4.78, 5) is 11.5. The first-order chi connectivity index (χ1) is 6.21. The molecule has 13 heavy (non-hydrogen) atoms. The summed E-state index contributed by atoms with van der Waals surface area (Å²) < 4.78 is 5.10. The molecule has 0 unspecified atom stereocenters. The van der Waals surface area contributed by atoms with E-state index in [0.29, 0.717) is 13.0 Å². The summed E-state index contributed by atoms with van der Waals surface area (Å²) in [7, 11) is 0. The highest BCUT2D eigenvalue weighted by Crippen LogP contribution is 2.30. The fourth-order valence-corrected chi connectivity index (χ4v) is 1.77. The minimum atomic E-state index is -0.404. The standard InChI is InChI=1S/C11H16O2/c1-11(8-13-11)10(12)7-6-9-4-2-3-5-9/h4H,2-3,5-8H2,1H3/t11-/m1/s1. The topological polar surface area (TPSA) is 29.6 Å². The Hall–Kier alpha value is -0.630. The summed E-state index contributed by atoms with van der Waals surface area (Å²) in [5.74, 6) is 0.278. The first-order valence-electron chi connectivity index (χ1n) is 5.06. The van der Waals surface area contributed by atoms with Crippen molar-refractivity contribution in [3.8, 4) is 0 Å². The number of rotatable bonds is 4. The van der Waals surface area contributed by atoms with Crippen molar-refractivity contribution in [2.24, 2.45) is 0 Å². The number of hydrogen-bond acceptors (Lipinski definition) is 2. The Balaban J connectivity index is 1.76. The number of allylic oxidation sites excluding steroid dienone is 2. The zero-order chi connectivity index (χ0) is 9.31. The number of carbonyl (C=O) groups excluding carboxylic acids is 1. The van der Waals surface area contributed by atoms with Crippen molar-refractivity contribution in [3.63, 3.8) is 0 Å². The summed E-state index contributed by atoms with van der Waals surface area (Å²) in [5, 5.41) is 0. The van der Waals surface area contributed by atoms with Gasteiger partial charge in [0, 0.05) is 6.42 Å². The van der Waals surface area contributed by atoms with Gasteiger partial charge in [0.25, 0.3) is 0 Å². The molecule has 0 aromatic heterocycles. The van der Waals surface area contributed by atoms with Crippen molar-refractivity contribution >= 4 is 5.78 Å². The summed E-state index contributed by atoms with van der Waals surface area (Å²) >= 11 is 0. The molecule has 1 heterocycles. The molecule has 2 aliphatic rings. The van der Waals surface area contributed by atoms with Crippen LogP contribution in [-0.2, 0) is 9.53 Å². The Labute approximate surface area is 79.0 Å². The minimum absolute atomic E-state index is 0.278. The van der Waals surface area contributed by atoms with Crippen molar-refractivity contribution in [1.82, 2.24) is 0 Å². The van der Waals surface area contributed by atoms with E-state index in [1.807, 2.05) is 6.92 Å². The average Bonchev–Trinajstić information content (AvgIpc) is 2.70. The predicted octanol–water partition coefficient (Wildman–Crippen LogP) is 2.23. The number of hydrogen-bond donors (Lipinski definition) is 0. The molecule has 0 bridgehead atoms. The third-order valence-corrected chi connectivity index (χ3v) is 2.98. The van der Waals surface area contributed by atoms with Crippen LogP contribution in [0.5, 0.6) is 0 Å². The summed E-state index contributed by atoms with van der Waals surface area (Å²) in [6, 6.07) is 0. The molecule has 72 valence electrons. The molecular formula is C11H16O2. The van der Waals surface area contributed by atoms with Crippen LogP contribution in [0.4, 0.5) is 0 Å². The van der Waals surface area contributed by atoms with Gasteiger partial charge in [0.1, 0.15) is 5.60 Å². The van der Waals surface area contributed by atoms with E-state index in [-0.39, 0.29) is 5.78 Å². The van der Waals surface area contributed by atoms with Crippen LogP contribution < -0.4 is 0 Å². The zero-order valence-electron chi connectivity index (χ0n) is 8.14. The van der Waals surface area contributed by atoms with E-state index in [2.05, 4.69) is 6.08 Å². The van der Waals surface area contributed by atoms with Gasteiger partial charge in [-0.25, -0.2) is 0 Å². The normalized spacial score (nSPS) is 31.6. The maximum absolute atomic E-state index is 11.5. The minimum Gasteiger partial charge on any atom is -0.362 e. The van der Waals surface area contributed by atoms with E-state index in [0.717, 1.165) is 6.42 Å². The van der Waals surface area contributed by atoms with Crippen LogP contribution in [0.15, 0.2) is 11.6 Å². The van der Waals surface area contributed by atoms with Crippen LogP contribution in [0.25, 0.3) is 0 Å². The molecule has 0 aromatic rings. The molecule has 0 spiro atoms. The van der Waals surface area contributed by atoms with Crippen molar-refractivity contribution < 1.29 is 9.53 Å². The second-order valence-electron chi connectivity index (χ2n) is 4.20. The smallest absolute Gasteiger partial charge is 0.167 e. The molecule has 1 atom stereocenters. The van der Waals surface area contributed by atoms with E-state index in [1.54, 1.807) is 0 Å². The van der Waals surface area contributed by atoms with Gasteiger partial charge in [-0.3, -0.25) is 4.79 Å². The van der Waals surface area contributed by atoms with E-state index < -0.39 is 5.60 Å². The summed E-state index contributed by atoms with van der Waals surface area (Å²) in [5.41, 5.74) is 1.07. The number of ketones is 1. The van der Waals surface area contributed by atoms with Crippen LogP contribution in [0.2, 0.25) is 0 Å². The van der Waals surface area contributed by atoms with Crippen LogP contribution in [0.1, 0.15) is 39.0 Å². The molecule has 0 amide bonds. The van der Waals surface area contributed by atoms with Crippen molar-refractivity contribution in [1.29, 1.82) is 0 Å². The van der Waals surface area contributed by atoms with E-state index in [1.165, 1.54) is 24.8 Å². The Morgan fingerprint density at radius 2 is 2.46 bits per heavy atom. The fourth-order valence-electron chi connectivity index (χ4n) is 1.77. The van der Waals surface area contributed by atoms with Gasteiger partial charge in [-0.2, -0.15) is 0 Å². The summed E-state index contributed by atoms with van der Waals surface area (Å²) in [6.45, 7) is 2.52. The SMILES string of the molecule is C[C@]1(C(=O)CCC2=CCCC2)CO1. The number of carbonyl (C=O) groups is 1. The Morgan fingerprint density at radius 1 is 1.69 bits per heavy atom. The van der Waals surface area contributed by atoms with E-state index in [9.17, 15) is 4.79 Å². The highest BCUT2D eigenvalue weighted by molar-refractivity contribution is 5.89. The van der Waals surface area contributed by atoms with Crippen LogP contribution in [0.3, 0.4) is 0 Å². The van der Waals surface area contributed by atoms with Gasteiger partial charge in [-0.05, 0) is 32.6 Å². The van der Waals surface area contributed by atoms with Crippen molar-refractivity contribution in [2.45, 2.75) is 44.6 Å².